The minimum absolute atomic E-state index is 0.403. The zero-order valence-corrected chi connectivity index (χ0v) is 11.4. The fourth-order valence-electron chi connectivity index (χ4n) is 4.69. The van der Waals surface area contributed by atoms with E-state index in [9.17, 15) is 0 Å². The summed E-state index contributed by atoms with van der Waals surface area (Å²) in [5, 5.41) is 0.403. The molecule has 15 heavy (non-hydrogen) atoms. The smallest absolute Gasteiger partial charge is 0.0374 e. The van der Waals surface area contributed by atoms with Crippen LogP contribution in [0.3, 0.4) is 0 Å². The van der Waals surface area contributed by atoms with Gasteiger partial charge in [-0.2, -0.15) is 0 Å². The predicted octanol–water partition coefficient (Wildman–Crippen LogP) is 4.86. The second-order valence-electron chi connectivity index (χ2n) is 6.70. The molecule has 0 N–H and O–H groups in total. The first-order valence-corrected chi connectivity index (χ1v) is 6.99. The number of fused-ring (bicyclic) bond motifs is 2. The quantitative estimate of drug-likeness (QED) is 0.606. The summed E-state index contributed by atoms with van der Waals surface area (Å²) in [5.41, 5.74) is 1.03. The molecule has 2 bridgehead atoms. The summed E-state index contributed by atoms with van der Waals surface area (Å²) in [6.07, 6.45) is 6.70. The SMILES string of the molecule is CCCC(Cl)C1C2(C)CCC(C2)C1(C)C. The van der Waals surface area contributed by atoms with E-state index in [1.54, 1.807) is 0 Å². The standard InChI is InChI=1S/C14H25Cl/c1-5-6-11(15)12-13(2,3)10-7-8-14(12,4)9-10/h10-12H,5-9H2,1-4H3. The molecule has 0 aromatic carbocycles. The van der Waals surface area contributed by atoms with E-state index in [-0.39, 0.29) is 0 Å². The molecule has 0 nitrogen and oxygen atoms in total. The minimum Gasteiger partial charge on any atom is -0.123 e. The summed E-state index contributed by atoms with van der Waals surface area (Å²) in [4.78, 5) is 0. The number of halogens is 1. The van der Waals surface area contributed by atoms with Gasteiger partial charge in [0.05, 0.1) is 0 Å². The van der Waals surface area contributed by atoms with E-state index in [0.717, 1.165) is 11.8 Å². The molecule has 0 aromatic rings. The maximum absolute atomic E-state index is 6.66. The van der Waals surface area contributed by atoms with E-state index in [1.807, 2.05) is 0 Å². The molecular weight excluding hydrogens is 204 g/mol. The Morgan fingerprint density at radius 2 is 2.00 bits per heavy atom. The molecule has 1 heteroatoms. The maximum Gasteiger partial charge on any atom is 0.0374 e. The first-order chi connectivity index (χ1) is 6.92. The fourth-order valence-corrected chi connectivity index (χ4v) is 5.53. The van der Waals surface area contributed by atoms with E-state index in [1.165, 1.54) is 32.1 Å². The van der Waals surface area contributed by atoms with Gasteiger partial charge in [-0.15, -0.1) is 11.6 Å². The van der Waals surface area contributed by atoms with Crippen molar-refractivity contribution < 1.29 is 0 Å². The molecule has 0 spiro atoms. The van der Waals surface area contributed by atoms with Crippen LogP contribution in [0.2, 0.25) is 0 Å². The average molecular weight is 229 g/mol. The predicted molar refractivity (Wildman–Crippen MR) is 67.3 cm³/mol. The van der Waals surface area contributed by atoms with E-state index < -0.39 is 0 Å². The largest absolute Gasteiger partial charge is 0.123 e. The Kier molecular flexibility index (Phi) is 2.86. The maximum atomic E-state index is 6.66. The van der Waals surface area contributed by atoms with Crippen molar-refractivity contribution in [2.24, 2.45) is 22.7 Å². The van der Waals surface area contributed by atoms with Crippen LogP contribution in [-0.2, 0) is 0 Å². The van der Waals surface area contributed by atoms with Crippen LogP contribution in [0.25, 0.3) is 0 Å². The summed E-state index contributed by atoms with van der Waals surface area (Å²) in [6, 6.07) is 0. The van der Waals surface area contributed by atoms with Crippen LogP contribution in [-0.4, -0.2) is 5.38 Å². The Hall–Kier alpha value is 0.290. The number of hydrogen-bond donors (Lipinski definition) is 0. The Bertz CT molecular complexity index is 241. The van der Waals surface area contributed by atoms with E-state index in [0.29, 0.717) is 16.2 Å². The lowest BCUT2D eigenvalue weighted by Crippen LogP contribution is -2.40. The van der Waals surface area contributed by atoms with Gasteiger partial charge in [-0.3, -0.25) is 0 Å². The average Bonchev–Trinajstić information content (AvgIpc) is 2.55. The van der Waals surface area contributed by atoms with Gasteiger partial charge in [0.2, 0.25) is 0 Å². The molecule has 0 saturated heterocycles. The first kappa shape index (κ1) is 11.8. The minimum atomic E-state index is 0.403. The lowest BCUT2D eigenvalue weighted by atomic mass is 9.62. The third kappa shape index (κ3) is 1.64. The van der Waals surface area contributed by atoms with Gasteiger partial charge in [-0.25, -0.2) is 0 Å². The van der Waals surface area contributed by atoms with Gasteiger partial charge in [-0.05, 0) is 48.3 Å². The Labute approximate surface area is 99.8 Å². The molecule has 0 aromatic heterocycles. The fraction of sp³-hybridized carbons (Fsp3) is 1.00. The van der Waals surface area contributed by atoms with Gasteiger partial charge in [0.15, 0.2) is 0 Å². The van der Waals surface area contributed by atoms with Gasteiger partial charge >= 0.3 is 0 Å². The molecule has 0 radical (unpaired) electrons. The van der Waals surface area contributed by atoms with Gasteiger partial charge in [0.25, 0.3) is 0 Å². The van der Waals surface area contributed by atoms with Gasteiger partial charge in [0, 0.05) is 5.38 Å². The molecule has 2 aliphatic carbocycles. The molecule has 0 heterocycles. The number of rotatable bonds is 3. The van der Waals surface area contributed by atoms with Crippen LogP contribution >= 0.6 is 11.6 Å². The molecule has 0 amide bonds. The van der Waals surface area contributed by atoms with Gasteiger partial charge in [0.1, 0.15) is 0 Å². The highest BCUT2D eigenvalue weighted by molar-refractivity contribution is 6.20. The number of hydrogen-bond acceptors (Lipinski definition) is 0. The highest BCUT2D eigenvalue weighted by Gasteiger charge is 2.60. The monoisotopic (exact) mass is 228 g/mol. The van der Waals surface area contributed by atoms with Crippen LogP contribution in [0.1, 0.15) is 59.8 Å². The third-order valence-corrected chi connectivity index (χ3v) is 5.78. The van der Waals surface area contributed by atoms with Crippen molar-refractivity contribution in [3.63, 3.8) is 0 Å². The summed E-state index contributed by atoms with van der Waals surface area (Å²) < 4.78 is 0. The molecule has 4 atom stereocenters. The van der Waals surface area contributed by atoms with Crippen molar-refractivity contribution in [2.45, 2.75) is 65.2 Å². The molecule has 4 unspecified atom stereocenters. The zero-order valence-electron chi connectivity index (χ0n) is 10.6. The summed E-state index contributed by atoms with van der Waals surface area (Å²) in [7, 11) is 0. The highest BCUT2D eigenvalue weighted by atomic mass is 35.5. The lowest BCUT2D eigenvalue weighted by Gasteiger charge is -2.45. The van der Waals surface area contributed by atoms with E-state index in [4.69, 9.17) is 11.6 Å². The molecule has 2 fully saturated rings. The molecule has 0 aliphatic heterocycles. The topological polar surface area (TPSA) is 0 Å². The molecule has 2 saturated carbocycles. The van der Waals surface area contributed by atoms with Crippen molar-refractivity contribution in [1.29, 1.82) is 0 Å². The van der Waals surface area contributed by atoms with Gasteiger partial charge in [-0.1, -0.05) is 34.1 Å². The van der Waals surface area contributed by atoms with Crippen LogP contribution < -0.4 is 0 Å². The Morgan fingerprint density at radius 3 is 2.47 bits per heavy atom. The Balaban J connectivity index is 2.22. The third-order valence-electron chi connectivity index (χ3n) is 5.31. The van der Waals surface area contributed by atoms with Crippen molar-refractivity contribution in [2.75, 3.05) is 0 Å². The molecule has 2 rings (SSSR count). The van der Waals surface area contributed by atoms with Crippen molar-refractivity contribution in [1.82, 2.24) is 0 Å². The van der Waals surface area contributed by atoms with E-state index >= 15 is 0 Å². The Morgan fingerprint density at radius 1 is 1.33 bits per heavy atom. The molecule has 88 valence electrons. The summed E-state index contributed by atoms with van der Waals surface area (Å²) in [5.74, 6) is 1.68. The molecular formula is C14H25Cl. The van der Waals surface area contributed by atoms with Crippen molar-refractivity contribution in [3.05, 3.63) is 0 Å². The number of alkyl halides is 1. The highest BCUT2D eigenvalue weighted by Crippen LogP contribution is 2.67. The summed E-state index contributed by atoms with van der Waals surface area (Å²) in [6.45, 7) is 9.64. The van der Waals surface area contributed by atoms with Crippen LogP contribution in [0, 0.1) is 22.7 Å². The van der Waals surface area contributed by atoms with Crippen molar-refractivity contribution in [3.8, 4) is 0 Å². The van der Waals surface area contributed by atoms with E-state index in [2.05, 4.69) is 27.7 Å². The van der Waals surface area contributed by atoms with Crippen LogP contribution in [0.5, 0.6) is 0 Å². The first-order valence-electron chi connectivity index (χ1n) is 6.56. The van der Waals surface area contributed by atoms with Crippen molar-refractivity contribution >= 4 is 11.6 Å². The second kappa shape index (κ2) is 3.65. The lowest BCUT2D eigenvalue weighted by molar-refractivity contribution is 0.0686. The van der Waals surface area contributed by atoms with Crippen LogP contribution in [0.15, 0.2) is 0 Å². The van der Waals surface area contributed by atoms with Crippen LogP contribution in [0.4, 0.5) is 0 Å². The second-order valence-corrected chi connectivity index (χ2v) is 7.26. The summed E-state index contributed by atoms with van der Waals surface area (Å²) >= 11 is 6.66. The molecule has 2 aliphatic rings. The zero-order chi connectivity index (χ0) is 11.3. The normalized spacial score (nSPS) is 44.6. The van der Waals surface area contributed by atoms with Gasteiger partial charge < -0.3 is 0 Å².